The maximum atomic E-state index is 3.97. The first-order valence-corrected chi connectivity index (χ1v) is 4.89. The minimum atomic E-state index is 0.638. The van der Waals surface area contributed by atoms with Crippen LogP contribution in [0.25, 0.3) is 0 Å². The highest BCUT2D eigenvalue weighted by Gasteiger charge is 2.09. The van der Waals surface area contributed by atoms with Gasteiger partial charge in [-0.1, -0.05) is 38.5 Å². The number of hydrogen-bond acceptors (Lipinski definition) is 0. The van der Waals surface area contributed by atoms with E-state index in [0.29, 0.717) is 11.8 Å². The van der Waals surface area contributed by atoms with Crippen molar-refractivity contribution >= 4 is 0 Å². The predicted octanol–water partition coefficient (Wildman–Crippen LogP) is 4.19. The summed E-state index contributed by atoms with van der Waals surface area (Å²) in [5.41, 5.74) is 1.29. The van der Waals surface area contributed by atoms with Crippen LogP contribution in [-0.2, 0) is 0 Å². The minimum absolute atomic E-state index is 0.638. The third-order valence-corrected chi connectivity index (χ3v) is 2.49. The number of hydrogen-bond donors (Lipinski definition) is 0. The average Bonchev–Trinajstić information content (AvgIpc) is 2.03. The van der Waals surface area contributed by atoms with Crippen LogP contribution in [0.1, 0.15) is 40.0 Å². The van der Waals surface area contributed by atoms with Crippen LogP contribution in [0.15, 0.2) is 24.8 Å². The highest BCUT2D eigenvalue weighted by atomic mass is 14.1. The zero-order valence-corrected chi connectivity index (χ0v) is 8.77. The molecule has 0 nitrogen and oxygen atoms in total. The average molecular weight is 166 g/mol. The van der Waals surface area contributed by atoms with Gasteiger partial charge in [0, 0.05) is 0 Å². The molecule has 0 saturated carbocycles. The van der Waals surface area contributed by atoms with Gasteiger partial charge in [0.2, 0.25) is 0 Å². The van der Waals surface area contributed by atoms with E-state index in [9.17, 15) is 0 Å². The lowest BCUT2D eigenvalue weighted by Gasteiger charge is -2.17. The molecule has 0 amide bonds. The molecule has 0 saturated heterocycles. The van der Waals surface area contributed by atoms with Gasteiger partial charge in [-0.25, -0.2) is 0 Å². The van der Waals surface area contributed by atoms with Crippen LogP contribution in [0.4, 0.5) is 0 Å². The van der Waals surface area contributed by atoms with Crippen LogP contribution in [0.2, 0.25) is 0 Å². The molecule has 0 N–H and O–H groups in total. The van der Waals surface area contributed by atoms with Crippen LogP contribution >= 0.6 is 0 Å². The van der Waals surface area contributed by atoms with Crippen LogP contribution in [-0.4, -0.2) is 0 Å². The Labute approximate surface area is 77.4 Å². The standard InChI is InChI=1S/C12H22/c1-6-8-12(7-2)9-11(5)10(3)4/h7,11-12H,2-3,6,8-9H2,1,4-5H3. The Kier molecular flexibility index (Phi) is 5.79. The Hall–Kier alpha value is -0.520. The Morgan fingerprint density at radius 3 is 2.42 bits per heavy atom. The molecule has 0 fully saturated rings. The molecule has 0 aliphatic rings. The van der Waals surface area contributed by atoms with Crippen molar-refractivity contribution in [1.29, 1.82) is 0 Å². The monoisotopic (exact) mass is 166 g/mol. The lowest BCUT2D eigenvalue weighted by molar-refractivity contribution is 0.463. The highest BCUT2D eigenvalue weighted by Crippen LogP contribution is 2.22. The fourth-order valence-electron chi connectivity index (χ4n) is 1.36. The summed E-state index contributed by atoms with van der Waals surface area (Å²) in [7, 11) is 0. The zero-order chi connectivity index (χ0) is 9.56. The van der Waals surface area contributed by atoms with Gasteiger partial charge in [0.25, 0.3) is 0 Å². The highest BCUT2D eigenvalue weighted by molar-refractivity contribution is 4.96. The van der Waals surface area contributed by atoms with Crippen LogP contribution in [0, 0.1) is 11.8 Å². The van der Waals surface area contributed by atoms with Gasteiger partial charge in [-0.3, -0.25) is 0 Å². The molecule has 0 aromatic heterocycles. The fourth-order valence-corrected chi connectivity index (χ4v) is 1.36. The second-order valence-electron chi connectivity index (χ2n) is 3.77. The zero-order valence-electron chi connectivity index (χ0n) is 8.77. The lowest BCUT2D eigenvalue weighted by Crippen LogP contribution is -2.04. The molecular formula is C12H22. The Morgan fingerprint density at radius 2 is 2.08 bits per heavy atom. The molecule has 0 bridgehead atoms. The first kappa shape index (κ1) is 11.5. The van der Waals surface area contributed by atoms with Gasteiger partial charge in [-0.15, -0.1) is 6.58 Å². The van der Waals surface area contributed by atoms with E-state index < -0.39 is 0 Å². The third-order valence-electron chi connectivity index (χ3n) is 2.49. The van der Waals surface area contributed by atoms with E-state index in [4.69, 9.17) is 0 Å². The van der Waals surface area contributed by atoms with Crippen molar-refractivity contribution < 1.29 is 0 Å². The summed E-state index contributed by atoms with van der Waals surface area (Å²) in [5, 5.41) is 0. The SMILES string of the molecule is C=CC(CCC)CC(C)C(=C)C. The van der Waals surface area contributed by atoms with E-state index >= 15 is 0 Å². The van der Waals surface area contributed by atoms with E-state index in [0.717, 1.165) is 0 Å². The van der Waals surface area contributed by atoms with E-state index in [-0.39, 0.29) is 0 Å². The largest absolute Gasteiger partial charge is 0.103 e. The molecule has 0 heteroatoms. The Balaban J connectivity index is 3.84. The summed E-state index contributed by atoms with van der Waals surface area (Å²) >= 11 is 0. The van der Waals surface area contributed by atoms with Crippen molar-refractivity contribution in [3.05, 3.63) is 24.8 Å². The molecule has 2 atom stereocenters. The number of rotatable bonds is 6. The fraction of sp³-hybridized carbons (Fsp3) is 0.667. The smallest absolute Gasteiger partial charge is 0.0231 e. The van der Waals surface area contributed by atoms with E-state index in [1.807, 2.05) is 0 Å². The van der Waals surface area contributed by atoms with Gasteiger partial charge in [-0.05, 0) is 31.6 Å². The molecular weight excluding hydrogens is 144 g/mol. The summed E-state index contributed by atoms with van der Waals surface area (Å²) in [6.45, 7) is 14.4. The maximum absolute atomic E-state index is 3.97. The summed E-state index contributed by atoms with van der Waals surface area (Å²) in [4.78, 5) is 0. The van der Waals surface area contributed by atoms with Crippen molar-refractivity contribution in [3.63, 3.8) is 0 Å². The molecule has 0 radical (unpaired) electrons. The van der Waals surface area contributed by atoms with E-state index in [1.165, 1.54) is 24.8 Å². The normalized spacial score (nSPS) is 15.2. The molecule has 0 aromatic rings. The summed E-state index contributed by atoms with van der Waals surface area (Å²) in [6, 6.07) is 0. The number of allylic oxidation sites excluding steroid dienone is 2. The molecule has 0 aliphatic heterocycles. The summed E-state index contributed by atoms with van der Waals surface area (Å²) in [6.07, 6.45) is 5.82. The summed E-state index contributed by atoms with van der Waals surface area (Å²) < 4.78 is 0. The van der Waals surface area contributed by atoms with Crippen molar-refractivity contribution in [2.24, 2.45) is 11.8 Å². The van der Waals surface area contributed by atoms with Gasteiger partial charge >= 0.3 is 0 Å². The molecule has 70 valence electrons. The second kappa shape index (κ2) is 6.05. The van der Waals surface area contributed by atoms with Crippen LogP contribution < -0.4 is 0 Å². The summed E-state index contributed by atoms with van der Waals surface area (Å²) in [5.74, 6) is 1.32. The van der Waals surface area contributed by atoms with E-state index in [2.05, 4.69) is 40.0 Å². The first-order chi connectivity index (χ1) is 5.61. The molecule has 0 heterocycles. The van der Waals surface area contributed by atoms with E-state index in [1.54, 1.807) is 0 Å². The van der Waals surface area contributed by atoms with Gasteiger partial charge < -0.3 is 0 Å². The third kappa shape index (κ3) is 4.38. The molecule has 0 aliphatic carbocycles. The van der Waals surface area contributed by atoms with Gasteiger partial charge in [0.15, 0.2) is 0 Å². The minimum Gasteiger partial charge on any atom is -0.103 e. The molecule has 0 spiro atoms. The second-order valence-corrected chi connectivity index (χ2v) is 3.77. The predicted molar refractivity (Wildman–Crippen MR) is 57.2 cm³/mol. The molecule has 0 rings (SSSR count). The van der Waals surface area contributed by atoms with Gasteiger partial charge in [0.1, 0.15) is 0 Å². The topological polar surface area (TPSA) is 0 Å². The van der Waals surface area contributed by atoms with Crippen molar-refractivity contribution in [1.82, 2.24) is 0 Å². The first-order valence-electron chi connectivity index (χ1n) is 4.89. The molecule has 12 heavy (non-hydrogen) atoms. The van der Waals surface area contributed by atoms with Crippen molar-refractivity contribution in [3.8, 4) is 0 Å². The van der Waals surface area contributed by atoms with Crippen molar-refractivity contribution in [2.75, 3.05) is 0 Å². The molecule has 0 aromatic carbocycles. The van der Waals surface area contributed by atoms with Crippen LogP contribution in [0.5, 0.6) is 0 Å². The Morgan fingerprint density at radius 1 is 1.50 bits per heavy atom. The van der Waals surface area contributed by atoms with Crippen LogP contribution in [0.3, 0.4) is 0 Å². The molecule has 2 unspecified atom stereocenters. The maximum Gasteiger partial charge on any atom is -0.0231 e. The van der Waals surface area contributed by atoms with Gasteiger partial charge in [0.05, 0.1) is 0 Å². The van der Waals surface area contributed by atoms with Gasteiger partial charge in [-0.2, -0.15) is 0 Å². The van der Waals surface area contributed by atoms with Crippen molar-refractivity contribution in [2.45, 2.75) is 40.0 Å². The quantitative estimate of drug-likeness (QED) is 0.519. The lowest BCUT2D eigenvalue weighted by atomic mass is 9.89. The Bertz CT molecular complexity index is 144.